The third kappa shape index (κ3) is 9.63. The lowest BCUT2D eigenvalue weighted by Gasteiger charge is -2.45. The first-order valence-electron chi connectivity index (χ1n) is 40.1. The summed E-state index contributed by atoms with van der Waals surface area (Å²) in [7, 11) is 0. The van der Waals surface area contributed by atoms with Crippen LogP contribution in [0.15, 0.2) is 408 Å². The van der Waals surface area contributed by atoms with Crippen LogP contribution < -0.4 is 0 Å². The molecular formula is C108H64N8S2. The van der Waals surface area contributed by atoms with Crippen molar-refractivity contribution in [3.8, 4) is 79.7 Å². The number of nitrogens with zero attached hydrogens (tertiary/aromatic N) is 8. The molecule has 4 aliphatic heterocycles. The first kappa shape index (κ1) is 66.7. The SMILES string of the molecule is c1ccc2c(c1)Sc1c(-c3nc(-c4ccc5ccccc5c4)nc(-c4ccc5ccccc5c4)n3)cccc1C21c2ccccc2-n2c3ccccc3c3cccc1c32.c1ccc2c(c1)Sc1c(-c3nc(-c4cccc5ccccc45)nc(-c4cccc5ccccc45)n3)cccc1C21c2ccccc2-n2c3ccccc3c3cccc1c32. The van der Waals surface area contributed by atoms with E-state index in [1.54, 1.807) is 0 Å². The molecule has 26 rings (SSSR count). The normalized spacial score (nSPS) is 15.1. The van der Waals surface area contributed by atoms with Crippen molar-refractivity contribution in [1.82, 2.24) is 39.0 Å². The van der Waals surface area contributed by atoms with Crippen LogP contribution in [0.2, 0.25) is 0 Å². The summed E-state index contributed by atoms with van der Waals surface area (Å²) in [4.78, 5) is 36.9. The molecule has 2 spiro atoms. The van der Waals surface area contributed by atoms with Gasteiger partial charge in [-0.3, -0.25) is 0 Å². The largest absolute Gasteiger partial charge is 0.309 e. The number of benzene rings is 18. The highest BCUT2D eigenvalue weighted by Gasteiger charge is 2.52. The average molecular weight is 1540 g/mol. The Labute approximate surface area is 687 Å². The standard InChI is InChI=1S/2C54H32N4S/c1-3-19-35-33(15-1)17-11-23-39(35)51-55-52(40-24-12-18-34-16-2-4-20-36(34)40)57-53(56-51)41-25-14-29-45-50(41)59-48-32-10-7-27-43(48)54(45)42-26-6-9-31-47(42)58-46-30-8-5-21-37(46)38-22-13-28-44(54)49(38)58;1-3-15-35-31-37(29-27-33(35)13-1)51-55-52(38-30-28-34-14-2-4-16-36(34)32-38)57-53(56-51)41-19-12-23-45-50(41)59-48-26-10-7-21-43(48)54(45)42-20-6-9-25-47(42)58-46-24-8-5-17-39(46)40-18-11-22-44(54)49(40)58/h2*1-32H. The van der Waals surface area contributed by atoms with Gasteiger partial charge >= 0.3 is 0 Å². The summed E-state index contributed by atoms with van der Waals surface area (Å²) in [5.74, 6) is 3.91. The van der Waals surface area contributed by atoms with Crippen molar-refractivity contribution >= 4 is 110 Å². The molecule has 2 atom stereocenters. The van der Waals surface area contributed by atoms with Gasteiger partial charge in [0.25, 0.3) is 0 Å². The Morgan fingerprint density at radius 1 is 0.203 bits per heavy atom. The van der Waals surface area contributed by atoms with Crippen LogP contribution in [-0.4, -0.2) is 39.0 Å². The summed E-state index contributed by atoms with van der Waals surface area (Å²) in [6.45, 7) is 0. The Bertz CT molecular complexity index is 7870. The summed E-state index contributed by atoms with van der Waals surface area (Å²) in [6, 6.07) is 140. The lowest BCUT2D eigenvalue weighted by Crippen LogP contribution is -2.37. The van der Waals surface area contributed by atoms with Crippen molar-refractivity contribution in [1.29, 1.82) is 0 Å². The van der Waals surface area contributed by atoms with Crippen molar-refractivity contribution in [2.24, 2.45) is 0 Å². The van der Waals surface area contributed by atoms with Crippen LogP contribution >= 0.6 is 23.5 Å². The van der Waals surface area contributed by atoms with Gasteiger partial charge in [0, 0.05) is 74.5 Å². The first-order valence-corrected chi connectivity index (χ1v) is 41.7. The average Bonchev–Trinajstić information content (AvgIpc) is 1.31. The number of hydrogen-bond donors (Lipinski definition) is 0. The Hall–Kier alpha value is -14.7. The quantitative estimate of drug-likeness (QED) is 0.163. The number of para-hydroxylation sites is 6. The Balaban J connectivity index is 0.000000131. The minimum atomic E-state index is -0.613. The maximum Gasteiger partial charge on any atom is 0.165 e. The van der Waals surface area contributed by atoms with E-state index in [1.165, 1.54) is 120 Å². The fourth-order valence-electron chi connectivity index (χ4n) is 20.0. The zero-order valence-corrected chi connectivity index (χ0v) is 65.0. The number of aromatic nitrogens is 8. The monoisotopic (exact) mass is 1540 g/mol. The zero-order chi connectivity index (χ0) is 77.3. The number of hydrogen-bond acceptors (Lipinski definition) is 8. The third-order valence-corrected chi connectivity index (χ3v) is 27.4. The van der Waals surface area contributed by atoms with Crippen LogP contribution in [-0.2, 0) is 10.8 Å². The van der Waals surface area contributed by atoms with Gasteiger partial charge in [-0.1, -0.05) is 363 Å². The van der Waals surface area contributed by atoms with Gasteiger partial charge in [0.15, 0.2) is 34.9 Å². The molecular weight excluding hydrogens is 1470 g/mol. The van der Waals surface area contributed by atoms with Crippen molar-refractivity contribution in [3.63, 3.8) is 0 Å². The molecule has 10 heteroatoms. The molecule has 2 unspecified atom stereocenters. The molecule has 0 saturated heterocycles. The Morgan fingerprint density at radius 2 is 0.508 bits per heavy atom. The van der Waals surface area contributed by atoms with Crippen LogP contribution in [0.5, 0.6) is 0 Å². The molecule has 8 heterocycles. The molecule has 18 aromatic carbocycles. The lowest BCUT2D eigenvalue weighted by atomic mass is 9.62. The third-order valence-electron chi connectivity index (χ3n) is 25.0. The number of fused-ring (bicyclic) bond motifs is 26. The predicted molar refractivity (Wildman–Crippen MR) is 483 cm³/mol. The molecule has 0 amide bonds. The second-order valence-electron chi connectivity index (χ2n) is 31.0. The van der Waals surface area contributed by atoms with Crippen molar-refractivity contribution in [2.75, 3.05) is 0 Å². The van der Waals surface area contributed by atoms with Gasteiger partial charge < -0.3 is 9.13 Å². The maximum atomic E-state index is 5.44. The topological polar surface area (TPSA) is 87.2 Å². The first-order chi connectivity index (χ1) is 58.5. The van der Waals surface area contributed by atoms with E-state index in [-0.39, 0.29) is 0 Å². The minimum absolute atomic E-state index is 0.608. The van der Waals surface area contributed by atoms with Crippen LogP contribution in [0, 0.1) is 0 Å². The smallest absolute Gasteiger partial charge is 0.165 e. The minimum Gasteiger partial charge on any atom is -0.309 e. The Morgan fingerprint density at radius 3 is 0.975 bits per heavy atom. The summed E-state index contributed by atoms with van der Waals surface area (Å²) in [5.41, 5.74) is 22.1. The van der Waals surface area contributed by atoms with E-state index in [1.807, 2.05) is 23.5 Å². The maximum absolute atomic E-state index is 5.44. The van der Waals surface area contributed by atoms with Crippen LogP contribution in [0.25, 0.3) is 166 Å². The van der Waals surface area contributed by atoms with E-state index in [4.69, 9.17) is 29.9 Å². The Kier molecular flexibility index (Phi) is 14.7. The molecule has 0 N–H and O–H groups in total. The van der Waals surface area contributed by atoms with E-state index in [0.29, 0.717) is 34.9 Å². The fraction of sp³-hybridized carbons (Fsp3) is 0.0185. The molecule has 4 aromatic heterocycles. The lowest BCUT2D eigenvalue weighted by molar-refractivity contribution is 0.690. The zero-order valence-electron chi connectivity index (χ0n) is 63.3. The molecule has 0 fully saturated rings. The van der Waals surface area contributed by atoms with Gasteiger partial charge in [-0.15, -0.1) is 0 Å². The van der Waals surface area contributed by atoms with Gasteiger partial charge in [0.1, 0.15) is 0 Å². The predicted octanol–water partition coefficient (Wildman–Crippen LogP) is 26.9. The van der Waals surface area contributed by atoms with E-state index in [9.17, 15) is 0 Å². The second-order valence-corrected chi connectivity index (χ2v) is 33.1. The van der Waals surface area contributed by atoms with Gasteiger partial charge in [0.2, 0.25) is 0 Å². The molecule has 548 valence electrons. The van der Waals surface area contributed by atoms with Crippen molar-refractivity contribution in [3.05, 3.63) is 433 Å². The molecule has 22 aromatic rings. The van der Waals surface area contributed by atoms with Gasteiger partial charge in [-0.2, -0.15) is 0 Å². The molecule has 0 saturated carbocycles. The van der Waals surface area contributed by atoms with Gasteiger partial charge in [0.05, 0.1) is 44.3 Å². The van der Waals surface area contributed by atoms with Gasteiger partial charge in [-0.25, -0.2) is 29.9 Å². The summed E-state index contributed by atoms with van der Waals surface area (Å²) < 4.78 is 4.99. The van der Waals surface area contributed by atoms with E-state index < -0.39 is 10.8 Å². The van der Waals surface area contributed by atoms with E-state index >= 15 is 0 Å². The van der Waals surface area contributed by atoms with E-state index in [2.05, 4.69) is 397 Å². The second kappa shape index (κ2) is 25.9. The fourth-order valence-corrected chi connectivity index (χ4v) is 22.6. The van der Waals surface area contributed by atoms with Crippen LogP contribution in [0.4, 0.5) is 0 Å². The summed E-state index contributed by atoms with van der Waals surface area (Å²) in [6.07, 6.45) is 0. The van der Waals surface area contributed by atoms with Gasteiger partial charge in [-0.05, 0) is 136 Å². The number of rotatable bonds is 6. The summed E-state index contributed by atoms with van der Waals surface area (Å²) in [5, 5.41) is 14.2. The molecule has 0 aliphatic carbocycles. The van der Waals surface area contributed by atoms with Crippen molar-refractivity contribution in [2.45, 2.75) is 30.4 Å². The molecule has 4 aliphatic rings. The molecule has 0 radical (unpaired) electrons. The highest BCUT2D eigenvalue weighted by atomic mass is 32.2. The molecule has 0 bridgehead atoms. The highest BCUT2D eigenvalue weighted by molar-refractivity contribution is 8.00. The molecule has 118 heavy (non-hydrogen) atoms. The van der Waals surface area contributed by atoms with Crippen LogP contribution in [0.1, 0.15) is 44.5 Å². The summed E-state index contributed by atoms with van der Waals surface area (Å²) >= 11 is 3.65. The van der Waals surface area contributed by atoms with Crippen LogP contribution in [0.3, 0.4) is 0 Å². The van der Waals surface area contributed by atoms with E-state index in [0.717, 1.165) is 75.5 Å². The van der Waals surface area contributed by atoms with Crippen molar-refractivity contribution < 1.29 is 0 Å². The molecule has 8 nitrogen and oxygen atoms in total. The highest BCUT2D eigenvalue weighted by Crippen LogP contribution is 2.64.